The molecule has 0 radical (unpaired) electrons. The average molecular weight is 1080 g/mol. The maximum absolute atomic E-state index is 12.8. The van der Waals surface area contributed by atoms with Crippen molar-refractivity contribution in [3.05, 3.63) is 12.2 Å². The normalized spacial score (nSPS) is 12.7. The third kappa shape index (κ3) is 59.7. The molecule has 0 N–H and O–H groups in total. The number of allylic oxidation sites excluding steroid dienone is 2. The topological polar surface area (TPSA) is 111 Å². The molecule has 0 rings (SSSR count). The van der Waals surface area contributed by atoms with Crippen LogP contribution in [-0.2, 0) is 33.3 Å². The second kappa shape index (κ2) is 59.2. The quantitative estimate of drug-likeness (QED) is 0.0195. The fourth-order valence-corrected chi connectivity index (χ4v) is 10.1. The summed E-state index contributed by atoms with van der Waals surface area (Å²) in [6, 6.07) is 0. The first-order chi connectivity index (χ1) is 37.1. The van der Waals surface area contributed by atoms with E-state index in [1.165, 1.54) is 250 Å². The van der Waals surface area contributed by atoms with Gasteiger partial charge < -0.3 is 33.3 Å². The summed E-state index contributed by atoms with van der Waals surface area (Å²) in [4.78, 5) is 37.2. The zero-order chi connectivity index (χ0) is 55.5. The zero-order valence-electron chi connectivity index (χ0n) is 51.4. The largest absolute Gasteiger partial charge is 0.545 e. The Balaban J connectivity index is 3.80. The minimum atomic E-state index is -1.62. The van der Waals surface area contributed by atoms with Crippen LogP contribution in [0, 0.1) is 0 Å². The average Bonchev–Trinajstić information content (AvgIpc) is 3.39. The Kier molecular flexibility index (Phi) is 57.6. The summed E-state index contributed by atoms with van der Waals surface area (Å²) >= 11 is 0. The van der Waals surface area contributed by atoms with Gasteiger partial charge in [0, 0.05) is 12.8 Å². The molecule has 450 valence electrons. The van der Waals surface area contributed by atoms with Crippen LogP contribution in [0.3, 0.4) is 0 Å². The van der Waals surface area contributed by atoms with Crippen molar-refractivity contribution in [3.63, 3.8) is 0 Å². The molecule has 76 heavy (non-hydrogen) atoms. The molecule has 0 fully saturated rings. The predicted molar refractivity (Wildman–Crippen MR) is 320 cm³/mol. The van der Waals surface area contributed by atoms with Gasteiger partial charge in [-0.3, -0.25) is 9.59 Å². The molecule has 0 aromatic carbocycles. The number of esters is 2. The monoisotopic (exact) mass is 1080 g/mol. The van der Waals surface area contributed by atoms with Gasteiger partial charge in [-0.1, -0.05) is 309 Å². The standard InChI is InChI=1S/C67H129NO8/c1-6-8-10-12-14-16-18-19-20-21-22-23-24-25-26-27-28-29-30-31-32-33-34-35-36-37-38-39-40-41-42-43-44-45-46-48-49-51-53-55-57-64(69)74-61-63(62-75-67(66(71)72)73-60-59-68(3,4)5)76-65(70)58-56-54-52-50-47-17-15-13-11-9-7-2/h13,15,63,67H,6-12,14,16-62H2,1-5H3/b15-13-. The van der Waals surface area contributed by atoms with Crippen molar-refractivity contribution in [1.29, 1.82) is 0 Å². The van der Waals surface area contributed by atoms with Gasteiger partial charge >= 0.3 is 11.9 Å². The Morgan fingerprint density at radius 3 is 1.01 bits per heavy atom. The minimum Gasteiger partial charge on any atom is -0.545 e. The number of quaternary nitrogens is 1. The van der Waals surface area contributed by atoms with E-state index < -0.39 is 24.3 Å². The molecule has 9 heteroatoms. The lowest BCUT2D eigenvalue weighted by molar-refractivity contribution is -0.870. The number of carbonyl (C=O) groups is 3. The Morgan fingerprint density at radius 2 is 0.684 bits per heavy atom. The van der Waals surface area contributed by atoms with Crippen LogP contribution in [0.5, 0.6) is 0 Å². The summed E-state index contributed by atoms with van der Waals surface area (Å²) in [6.07, 6.45) is 67.7. The number of hydrogen-bond acceptors (Lipinski definition) is 8. The first-order valence-electron chi connectivity index (χ1n) is 33.3. The van der Waals surface area contributed by atoms with Crippen LogP contribution in [-0.4, -0.2) is 82.3 Å². The van der Waals surface area contributed by atoms with Crippen LogP contribution < -0.4 is 5.11 Å². The summed E-state index contributed by atoms with van der Waals surface area (Å²) in [5.41, 5.74) is 0. The molecule has 2 unspecified atom stereocenters. The highest BCUT2D eigenvalue weighted by molar-refractivity contribution is 5.70. The molecular weight excluding hydrogens is 947 g/mol. The number of likely N-dealkylation sites (N-methyl/N-ethyl adjacent to an activating group) is 1. The number of hydrogen-bond donors (Lipinski definition) is 0. The smallest absolute Gasteiger partial charge is 0.306 e. The molecule has 0 bridgehead atoms. The van der Waals surface area contributed by atoms with E-state index in [1.807, 2.05) is 21.1 Å². The maximum atomic E-state index is 12.8. The molecule has 0 saturated carbocycles. The fraction of sp³-hybridized carbons (Fsp3) is 0.925. The van der Waals surface area contributed by atoms with Gasteiger partial charge in [0.05, 0.1) is 40.3 Å². The Morgan fingerprint density at radius 1 is 0.382 bits per heavy atom. The third-order valence-corrected chi connectivity index (χ3v) is 15.3. The number of unbranched alkanes of at least 4 members (excludes halogenated alkanes) is 46. The van der Waals surface area contributed by atoms with Crippen LogP contribution in [0.4, 0.5) is 0 Å². The van der Waals surface area contributed by atoms with E-state index in [-0.39, 0.29) is 32.2 Å². The van der Waals surface area contributed by atoms with Gasteiger partial charge in [0.2, 0.25) is 0 Å². The van der Waals surface area contributed by atoms with Gasteiger partial charge in [-0.2, -0.15) is 0 Å². The van der Waals surface area contributed by atoms with Crippen molar-refractivity contribution in [1.82, 2.24) is 0 Å². The van der Waals surface area contributed by atoms with Gasteiger partial charge in [-0.25, -0.2) is 0 Å². The summed E-state index contributed by atoms with van der Waals surface area (Å²) in [5, 5.41) is 11.7. The van der Waals surface area contributed by atoms with E-state index in [4.69, 9.17) is 18.9 Å². The lowest BCUT2D eigenvalue weighted by atomic mass is 10.0. The molecule has 0 aromatic heterocycles. The fourth-order valence-electron chi connectivity index (χ4n) is 10.1. The van der Waals surface area contributed by atoms with Crippen LogP contribution in [0.25, 0.3) is 0 Å². The number of nitrogens with zero attached hydrogens (tertiary/aromatic N) is 1. The molecule has 0 spiro atoms. The molecular formula is C67H129NO8. The number of carboxylic acids is 1. The molecule has 0 aromatic rings. The van der Waals surface area contributed by atoms with Crippen LogP contribution in [0.15, 0.2) is 12.2 Å². The van der Waals surface area contributed by atoms with E-state index >= 15 is 0 Å². The summed E-state index contributed by atoms with van der Waals surface area (Å²) in [7, 11) is 5.92. The van der Waals surface area contributed by atoms with Crippen molar-refractivity contribution in [2.75, 3.05) is 47.5 Å². The number of ether oxygens (including phenoxy) is 4. The SMILES string of the molecule is CCCC/C=C\CCCCCCCC(=O)OC(COC(=O)CCCCCCCCCCCCCCCCCCCCCCCCCCCCCCCCCCCCCCCCCC)COC(OCC[N+](C)(C)C)C(=O)[O-]. The molecule has 0 aliphatic rings. The van der Waals surface area contributed by atoms with E-state index in [0.29, 0.717) is 23.9 Å². The van der Waals surface area contributed by atoms with Gasteiger partial charge in [-0.05, 0) is 32.1 Å². The molecule has 2 atom stereocenters. The second-order valence-corrected chi connectivity index (χ2v) is 24.1. The van der Waals surface area contributed by atoms with Gasteiger partial charge in [0.25, 0.3) is 0 Å². The Bertz CT molecular complexity index is 1250. The van der Waals surface area contributed by atoms with E-state index in [0.717, 1.165) is 57.8 Å². The van der Waals surface area contributed by atoms with Crippen molar-refractivity contribution >= 4 is 17.9 Å². The zero-order valence-corrected chi connectivity index (χ0v) is 51.4. The number of rotatable bonds is 63. The number of carboxylic acid groups (broad SMARTS) is 1. The van der Waals surface area contributed by atoms with Crippen molar-refractivity contribution in [2.45, 2.75) is 354 Å². The summed E-state index contributed by atoms with van der Waals surface area (Å²) < 4.78 is 22.7. The Hall–Kier alpha value is -1.97. The molecule has 0 aliphatic heterocycles. The number of aliphatic carboxylic acids is 1. The highest BCUT2D eigenvalue weighted by atomic mass is 16.7. The summed E-state index contributed by atoms with van der Waals surface area (Å²) in [6.45, 7) is 4.74. The van der Waals surface area contributed by atoms with Crippen LogP contribution >= 0.6 is 0 Å². The number of carbonyl (C=O) groups excluding carboxylic acids is 3. The van der Waals surface area contributed by atoms with Crippen LogP contribution in [0.1, 0.15) is 341 Å². The molecule has 9 nitrogen and oxygen atoms in total. The Labute approximate surface area is 472 Å². The second-order valence-electron chi connectivity index (χ2n) is 24.1. The van der Waals surface area contributed by atoms with Crippen molar-refractivity contribution in [3.8, 4) is 0 Å². The predicted octanol–water partition coefficient (Wildman–Crippen LogP) is 18.7. The van der Waals surface area contributed by atoms with E-state index in [9.17, 15) is 19.5 Å². The maximum Gasteiger partial charge on any atom is 0.306 e. The first-order valence-corrected chi connectivity index (χ1v) is 33.3. The molecule has 0 saturated heterocycles. The van der Waals surface area contributed by atoms with Gasteiger partial charge in [0.1, 0.15) is 13.2 Å². The lowest BCUT2D eigenvalue weighted by Crippen LogP contribution is -2.44. The van der Waals surface area contributed by atoms with Gasteiger partial charge in [-0.15, -0.1) is 0 Å². The van der Waals surface area contributed by atoms with Gasteiger partial charge in [0.15, 0.2) is 12.4 Å². The summed E-state index contributed by atoms with van der Waals surface area (Å²) in [5.74, 6) is -2.28. The molecule has 0 aliphatic carbocycles. The van der Waals surface area contributed by atoms with E-state index in [1.54, 1.807) is 0 Å². The van der Waals surface area contributed by atoms with Crippen LogP contribution in [0.2, 0.25) is 0 Å². The van der Waals surface area contributed by atoms with Crippen molar-refractivity contribution in [2.24, 2.45) is 0 Å². The molecule has 0 heterocycles. The van der Waals surface area contributed by atoms with E-state index in [2.05, 4.69) is 26.0 Å². The first kappa shape index (κ1) is 74.0. The molecule has 0 amide bonds. The lowest BCUT2D eigenvalue weighted by Gasteiger charge is -2.26. The highest BCUT2D eigenvalue weighted by Gasteiger charge is 2.22. The minimum absolute atomic E-state index is 0.149. The van der Waals surface area contributed by atoms with Crippen molar-refractivity contribution < 1.29 is 42.9 Å². The highest BCUT2D eigenvalue weighted by Crippen LogP contribution is 2.19. The third-order valence-electron chi connectivity index (χ3n) is 15.3.